The van der Waals surface area contributed by atoms with E-state index in [1.54, 1.807) is 32.9 Å². The topological polar surface area (TPSA) is 122 Å². The number of ether oxygens (including phenoxy) is 1. The molecule has 0 bridgehead atoms. The Morgan fingerprint density at radius 2 is 1.84 bits per heavy atom. The number of nitriles is 1. The Bertz CT molecular complexity index is 1220. The first-order chi connectivity index (χ1) is 14.6. The van der Waals surface area contributed by atoms with Gasteiger partial charge in [0.25, 0.3) is 5.56 Å². The Kier molecular flexibility index (Phi) is 6.59. The number of nitrogens with zero attached hydrogens (tertiary/aromatic N) is 3. The molecule has 0 saturated carbocycles. The van der Waals surface area contributed by atoms with Crippen LogP contribution in [-0.4, -0.2) is 49.5 Å². The molecule has 1 saturated heterocycles. The van der Waals surface area contributed by atoms with Crippen LogP contribution in [0.4, 0.5) is 5.69 Å². The molecule has 31 heavy (non-hydrogen) atoms. The summed E-state index contributed by atoms with van der Waals surface area (Å²) < 4.78 is 33.6. The Hall–Kier alpha value is -3.00. The molecule has 164 valence electrons. The minimum Gasteiger partial charge on any atom is -0.379 e. The summed E-state index contributed by atoms with van der Waals surface area (Å²) in [5.74, 6) is -0.498. The molecular weight excluding hydrogens is 420 g/mol. The highest BCUT2D eigenvalue weighted by atomic mass is 32.2. The SMILES string of the molecule is Cc1ccc(S(=O)(=O)N2CCOCC2)cc1NC(=O)Cn1c(C)cc(C)c(C#N)c1=O. The van der Waals surface area contributed by atoms with Crippen LogP contribution in [0.1, 0.15) is 22.4 Å². The number of morpholine rings is 1. The molecule has 10 heteroatoms. The molecule has 1 aromatic carbocycles. The minimum atomic E-state index is -3.71. The normalized spacial score (nSPS) is 14.8. The van der Waals surface area contributed by atoms with Gasteiger partial charge < -0.3 is 14.6 Å². The molecule has 2 aromatic rings. The van der Waals surface area contributed by atoms with Crippen LogP contribution in [-0.2, 0) is 26.1 Å². The molecule has 3 rings (SSSR count). The second-order valence-corrected chi connectivity index (χ2v) is 9.33. The fourth-order valence-electron chi connectivity index (χ4n) is 3.43. The van der Waals surface area contributed by atoms with E-state index in [1.807, 2.05) is 6.07 Å². The molecule has 1 fully saturated rings. The monoisotopic (exact) mass is 444 g/mol. The number of nitrogens with one attached hydrogen (secondary N) is 1. The number of aryl methyl sites for hydroxylation is 3. The van der Waals surface area contributed by atoms with Gasteiger partial charge in [-0.25, -0.2) is 8.42 Å². The molecule has 0 spiro atoms. The van der Waals surface area contributed by atoms with E-state index in [-0.39, 0.29) is 30.1 Å². The molecular formula is C21H24N4O5S. The standard InChI is InChI=1S/C21H24N4O5S/c1-14-4-5-17(31(28,29)24-6-8-30-9-7-24)11-19(14)23-20(26)13-25-16(3)10-15(2)18(12-22)21(25)27/h4-5,10-11H,6-9,13H2,1-3H3,(H,23,26). The third-order valence-electron chi connectivity index (χ3n) is 5.21. The number of benzene rings is 1. The maximum Gasteiger partial charge on any atom is 0.269 e. The molecule has 1 aliphatic heterocycles. The molecule has 1 aliphatic rings. The van der Waals surface area contributed by atoms with Gasteiger partial charge in [-0.15, -0.1) is 0 Å². The van der Waals surface area contributed by atoms with Gasteiger partial charge in [-0.1, -0.05) is 6.07 Å². The Balaban J connectivity index is 1.85. The van der Waals surface area contributed by atoms with Crippen molar-refractivity contribution in [2.24, 2.45) is 0 Å². The van der Waals surface area contributed by atoms with Crippen molar-refractivity contribution >= 4 is 21.6 Å². The lowest BCUT2D eigenvalue weighted by molar-refractivity contribution is -0.116. The molecule has 1 amide bonds. The van der Waals surface area contributed by atoms with Gasteiger partial charge in [0.1, 0.15) is 18.2 Å². The fraction of sp³-hybridized carbons (Fsp3) is 0.381. The third-order valence-corrected chi connectivity index (χ3v) is 7.10. The van der Waals surface area contributed by atoms with Crippen LogP contribution in [0.2, 0.25) is 0 Å². The van der Waals surface area contributed by atoms with Gasteiger partial charge in [-0.05, 0) is 50.1 Å². The van der Waals surface area contributed by atoms with Gasteiger partial charge in [-0.2, -0.15) is 9.57 Å². The maximum absolute atomic E-state index is 12.9. The van der Waals surface area contributed by atoms with Gasteiger partial charge in [0.15, 0.2) is 0 Å². The van der Waals surface area contributed by atoms with Crippen LogP contribution >= 0.6 is 0 Å². The second-order valence-electron chi connectivity index (χ2n) is 7.39. The van der Waals surface area contributed by atoms with Gasteiger partial charge in [0.2, 0.25) is 15.9 Å². The number of hydrogen-bond acceptors (Lipinski definition) is 6. The average molecular weight is 445 g/mol. The average Bonchev–Trinajstić information content (AvgIpc) is 2.73. The van der Waals surface area contributed by atoms with E-state index >= 15 is 0 Å². The molecule has 1 N–H and O–H groups in total. The zero-order chi connectivity index (χ0) is 22.8. The van der Waals surface area contributed by atoms with Crippen LogP contribution < -0.4 is 10.9 Å². The van der Waals surface area contributed by atoms with Crippen molar-refractivity contribution in [3.05, 3.63) is 57.0 Å². The maximum atomic E-state index is 12.9. The molecule has 9 nitrogen and oxygen atoms in total. The van der Waals surface area contributed by atoms with Gasteiger partial charge in [0.05, 0.1) is 18.1 Å². The molecule has 0 atom stereocenters. The molecule has 0 radical (unpaired) electrons. The first kappa shape index (κ1) is 22.7. The van der Waals surface area contributed by atoms with E-state index in [0.717, 1.165) is 0 Å². The van der Waals surface area contributed by atoms with E-state index in [4.69, 9.17) is 4.74 Å². The Labute approximate surface area is 180 Å². The fourth-order valence-corrected chi connectivity index (χ4v) is 4.86. The summed E-state index contributed by atoms with van der Waals surface area (Å²) in [7, 11) is -3.71. The number of carbonyl (C=O) groups is 1. The highest BCUT2D eigenvalue weighted by molar-refractivity contribution is 7.89. The number of rotatable bonds is 5. The van der Waals surface area contributed by atoms with E-state index in [9.17, 15) is 23.3 Å². The highest BCUT2D eigenvalue weighted by Crippen LogP contribution is 2.23. The number of anilines is 1. The van der Waals surface area contributed by atoms with Crippen molar-refractivity contribution in [2.45, 2.75) is 32.2 Å². The molecule has 1 aromatic heterocycles. The molecule has 0 unspecified atom stereocenters. The summed E-state index contributed by atoms with van der Waals surface area (Å²) in [5.41, 5.74) is 1.59. The van der Waals surface area contributed by atoms with Crippen LogP contribution in [0.15, 0.2) is 34.0 Å². The van der Waals surface area contributed by atoms with Crippen molar-refractivity contribution in [2.75, 3.05) is 31.6 Å². The summed E-state index contributed by atoms with van der Waals surface area (Å²) >= 11 is 0. The lowest BCUT2D eigenvalue weighted by atomic mass is 10.1. The highest BCUT2D eigenvalue weighted by Gasteiger charge is 2.27. The molecule has 2 heterocycles. The van der Waals surface area contributed by atoms with Gasteiger partial charge in [0, 0.05) is 24.5 Å². The van der Waals surface area contributed by atoms with Crippen molar-refractivity contribution < 1.29 is 17.9 Å². The summed E-state index contributed by atoms with van der Waals surface area (Å²) in [5, 5.41) is 11.9. The summed E-state index contributed by atoms with van der Waals surface area (Å²) in [6.07, 6.45) is 0. The number of aromatic nitrogens is 1. The lowest BCUT2D eigenvalue weighted by Gasteiger charge is -2.26. The number of sulfonamides is 1. The second kappa shape index (κ2) is 9.01. The Morgan fingerprint density at radius 1 is 1.16 bits per heavy atom. The zero-order valence-corrected chi connectivity index (χ0v) is 18.5. The first-order valence-corrected chi connectivity index (χ1v) is 11.2. The smallest absolute Gasteiger partial charge is 0.269 e. The van der Waals surface area contributed by atoms with E-state index in [0.29, 0.717) is 35.7 Å². The lowest BCUT2D eigenvalue weighted by Crippen LogP contribution is -2.40. The molecule has 0 aliphatic carbocycles. The minimum absolute atomic E-state index is 0.00631. The van der Waals surface area contributed by atoms with E-state index < -0.39 is 21.5 Å². The number of amides is 1. The number of pyridine rings is 1. The number of carbonyl (C=O) groups excluding carboxylic acids is 1. The van der Waals surface area contributed by atoms with Gasteiger partial charge >= 0.3 is 0 Å². The van der Waals surface area contributed by atoms with Crippen molar-refractivity contribution in [3.8, 4) is 6.07 Å². The van der Waals surface area contributed by atoms with Crippen LogP contribution in [0, 0.1) is 32.1 Å². The first-order valence-electron chi connectivity index (χ1n) is 9.74. The summed E-state index contributed by atoms with van der Waals surface area (Å²) in [4.78, 5) is 25.3. The zero-order valence-electron chi connectivity index (χ0n) is 17.6. The van der Waals surface area contributed by atoms with Crippen molar-refractivity contribution in [1.29, 1.82) is 5.26 Å². The largest absolute Gasteiger partial charge is 0.379 e. The Morgan fingerprint density at radius 3 is 2.48 bits per heavy atom. The quantitative estimate of drug-likeness (QED) is 0.742. The predicted octanol–water partition coefficient (Wildman–Crippen LogP) is 1.30. The van der Waals surface area contributed by atoms with Crippen LogP contribution in [0.25, 0.3) is 0 Å². The number of hydrogen-bond donors (Lipinski definition) is 1. The van der Waals surface area contributed by atoms with E-state index in [2.05, 4.69) is 5.32 Å². The summed E-state index contributed by atoms with van der Waals surface area (Å²) in [6.45, 7) is 6.03. The van der Waals surface area contributed by atoms with Crippen molar-refractivity contribution in [1.82, 2.24) is 8.87 Å². The van der Waals surface area contributed by atoms with Crippen molar-refractivity contribution in [3.63, 3.8) is 0 Å². The van der Waals surface area contributed by atoms with Crippen LogP contribution in [0.3, 0.4) is 0 Å². The predicted molar refractivity (Wildman–Crippen MR) is 114 cm³/mol. The summed E-state index contributed by atoms with van der Waals surface area (Å²) in [6, 6.07) is 8.10. The van der Waals surface area contributed by atoms with Gasteiger partial charge in [-0.3, -0.25) is 9.59 Å². The third kappa shape index (κ3) is 4.69. The van der Waals surface area contributed by atoms with Crippen LogP contribution in [0.5, 0.6) is 0 Å². The van der Waals surface area contributed by atoms with E-state index in [1.165, 1.54) is 21.0 Å².